The van der Waals surface area contributed by atoms with E-state index in [1.54, 1.807) is 0 Å². The number of carbonyl (C=O) groups excluding carboxylic acids is 1. The van der Waals surface area contributed by atoms with Crippen LogP contribution in [0.15, 0.2) is 0 Å². The Bertz CT molecular complexity index is 277. The SMILES string of the molecule is CP(C)(=O)C1CCCCC1NC(=O)CCl. The summed E-state index contributed by atoms with van der Waals surface area (Å²) in [5, 5.41) is 2.88. The van der Waals surface area contributed by atoms with Gasteiger partial charge in [0.15, 0.2) is 0 Å². The summed E-state index contributed by atoms with van der Waals surface area (Å²) >= 11 is 5.45. The zero-order valence-electron chi connectivity index (χ0n) is 9.33. The molecule has 0 aliphatic heterocycles. The molecule has 15 heavy (non-hydrogen) atoms. The monoisotopic (exact) mass is 251 g/mol. The second kappa shape index (κ2) is 5.36. The molecule has 88 valence electrons. The smallest absolute Gasteiger partial charge is 0.235 e. The van der Waals surface area contributed by atoms with Gasteiger partial charge in [0.25, 0.3) is 0 Å². The number of hydrogen-bond donors (Lipinski definition) is 1. The molecule has 3 nitrogen and oxygen atoms in total. The maximum atomic E-state index is 12.1. The molecule has 0 aromatic carbocycles. The van der Waals surface area contributed by atoms with Crippen molar-refractivity contribution in [2.24, 2.45) is 0 Å². The van der Waals surface area contributed by atoms with E-state index in [-0.39, 0.29) is 23.5 Å². The first kappa shape index (κ1) is 13.1. The first-order valence-electron chi connectivity index (χ1n) is 5.35. The molecule has 1 aliphatic carbocycles. The third-order valence-corrected chi connectivity index (χ3v) is 5.45. The normalized spacial score (nSPS) is 27.4. The Balaban J connectivity index is 2.66. The summed E-state index contributed by atoms with van der Waals surface area (Å²) in [7, 11) is -2.12. The molecule has 1 rings (SSSR count). The summed E-state index contributed by atoms with van der Waals surface area (Å²) in [6.07, 6.45) is 4.10. The van der Waals surface area contributed by atoms with Crippen molar-refractivity contribution in [1.29, 1.82) is 0 Å². The molecule has 0 spiro atoms. The molecule has 5 heteroatoms. The lowest BCUT2D eigenvalue weighted by Crippen LogP contribution is -2.45. The molecule has 2 atom stereocenters. The average molecular weight is 252 g/mol. The van der Waals surface area contributed by atoms with Gasteiger partial charge in [0.1, 0.15) is 5.88 Å². The fraction of sp³-hybridized carbons (Fsp3) is 0.900. The highest BCUT2D eigenvalue weighted by Crippen LogP contribution is 2.48. The Morgan fingerprint density at radius 3 is 2.53 bits per heavy atom. The molecule has 0 bridgehead atoms. The number of alkyl halides is 1. The molecular formula is C10H19ClNO2P. The van der Waals surface area contributed by atoms with Crippen LogP contribution in [0.3, 0.4) is 0 Å². The predicted octanol–water partition coefficient (Wildman–Crippen LogP) is 2.28. The van der Waals surface area contributed by atoms with Gasteiger partial charge in [0.2, 0.25) is 5.91 Å². The van der Waals surface area contributed by atoms with Crippen LogP contribution in [0.2, 0.25) is 0 Å². The van der Waals surface area contributed by atoms with Crippen molar-refractivity contribution in [3.8, 4) is 0 Å². The van der Waals surface area contributed by atoms with E-state index in [9.17, 15) is 9.36 Å². The number of halogens is 1. The summed E-state index contributed by atoms with van der Waals surface area (Å²) in [5.41, 5.74) is 0.137. The van der Waals surface area contributed by atoms with Crippen molar-refractivity contribution in [2.45, 2.75) is 37.4 Å². The van der Waals surface area contributed by atoms with Gasteiger partial charge in [-0.3, -0.25) is 4.79 Å². The molecule has 1 saturated carbocycles. The van der Waals surface area contributed by atoms with Gasteiger partial charge in [-0.15, -0.1) is 11.6 Å². The lowest BCUT2D eigenvalue weighted by molar-refractivity contribution is -0.119. The lowest BCUT2D eigenvalue weighted by Gasteiger charge is -2.34. The van der Waals surface area contributed by atoms with Crippen LogP contribution in [0, 0.1) is 0 Å². The Morgan fingerprint density at radius 2 is 2.00 bits per heavy atom. The van der Waals surface area contributed by atoms with Crippen LogP contribution in [0.25, 0.3) is 0 Å². The number of carbonyl (C=O) groups is 1. The minimum absolute atomic E-state index is 0.0129. The van der Waals surface area contributed by atoms with Crippen LogP contribution in [0.4, 0.5) is 0 Å². The third-order valence-electron chi connectivity index (χ3n) is 3.00. The quantitative estimate of drug-likeness (QED) is 0.618. The number of amides is 1. The van der Waals surface area contributed by atoms with E-state index < -0.39 is 7.14 Å². The summed E-state index contributed by atoms with van der Waals surface area (Å²) in [6, 6.07) is 0.0610. The zero-order chi connectivity index (χ0) is 11.5. The molecule has 2 unspecified atom stereocenters. The van der Waals surface area contributed by atoms with Crippen LogP contribution in [-0.2, 0) is 9.36 Å². The van der Waals surface area contributed by atoms with Gasteiger partial charge in [-0.25, -0.2) is 0 Å². The minimum atomic E-state index is -2.12. The Morgan fingerprint density at radius 1 is 1.40 bits per heavy atom. The molecule has 0 aromatic heterocycles. The molecule has 1 aliphatic rings. The largest absolute Gasteiger partial charge is 0.352 e. The number of hydrogen-bond acceptors (Lipinski definition) is 2. The third kappa shape index (κ3) is 3.81. The predicted molar refractivity (Wildman–Crippen MR) is 64.4 cm³/mol. The highest BCUT2D eigenvalue weighted by molar-refractivity contribution is 7.63. The van der Waals surface area contributed by atoms with Gasteiger partial charge >= 0.3 is 0 Å². The Hall–Kier alpha value is -0.0100. The zero-order valence-corrected chi connectivity index (χ0v) is 11.0. The van der Waals surface area contributed by atoms with Gasteiger partial charge in [-0.05, 0) is 26.2 Å². The van der Waals surface area contributed by atoms with Crippen molar-refractivity contribution in [3.05, 3.63) is 0 Å². The summed E-state index contributed by atoms with van der Waals surface area (Å²) < 4.78 is 12.1. The van der Waals surface area contributed by atoms with Gasteiger partial charge in [0, 0.05) is 11.7 Å². The van der Waals surface area contributed by atoms with Crippen molar-refractivity contribution < 1.29 is 9.36 Å². The molecule has 0 saturated heterocycles. The maximum Gasteiger partial charge on any atom is 0.235 e. The molecular weight excluding hydrogens is 233 g/mol. The van der Waals surface area contributed by atoms with E-state index in [1.165, 1.54) is 0 Å². The molecule has 1 amide bonds. The van der Waals surface area contributed by atoms with E-state index in [0.29, 0.717) is 0 Å². The Kier molecular flexibility index (Phi) is 4.66. The second-order valence-corrected chi connectivity index (χ2v) is 8.39. The van der Waals surface area contributed by atoms with E-state index in [0.717, 1.165) is 25.7 Å². The highest BCUT2D eigenvalue weighted by Gasteiger charge is 2.34. The Labute approximate surface area is 96.3 Å². The van der Waals surface area contributed by atoms with Gasteiger partial charge in [-0.2, -0.15) is 0 Å². The fourth-order valence-corrected chi connectivity index (χ4v) is 4.24. The van der Waals surface area contributed by atoms with Crippen LogP contribution >= 0.6 is 18.7 Å². The van der Waals surface area contributed by atoms with Crippen molar-refractivity contribution in [2.75, 3.05) is 19.2 Å². The summed E-state index contributed by atoms with van der Waals surface area (Å²) in [5.74, 6) is -0.164. The van der Waals surface area contributed by atoms with Crippen molar-refractivity contribution in [1.82, 2.24) is 5.32 Å². The molecule has 0 aromatic rings. The standard InChI is InChI=1S/C10H19ClNO2P/c1-15(2,14)9-6-4-3-5-8(9)12-10(13)7-11/h8-9H,3-7H2,1-2H3,(H,12,13). The maximum absolute atomic E-state index is 12.1. The van der Waals surface area contributed by atoms with E-state index >= 15 is 0 Å². The summed E-state index contributed by atoms with van der Waals surface area (Å²) in [6.45, 7) is 3.62. The van der Waals surface area contributed by atoms with Gasteiger partial charge in [0.05, 0.1) is 7.14 Å². The lowest BCUT2D eigenvalue weighted by atomic mass is 9.95. The first-order valence-corrected chi connectivity index (χ1v) is 8.55. The van der Waals surface area contributed by atoms with Crippen LogP contribution in [0.1, 0.15) is 25.7 Å². The minimum Gasteiger partial charge on any atom is -0.352 e. The van der Waals surface area contributed by atoms with Gasteiger partial charge in [-0.1, -0.05) is 12.8 Å². The number of rotatable bonds is 3. The van der Waals surface area contributed by atoms with Crippen molar-refractivity contribution in [3.63, 3.8) is 0 Å². The number of nitrogens with one attached hydrogen (secondary N) is 1. The van der Waals surface area contributed by atoms with E-state index in [2.05, 4.69) is 5.32 Å². The fourth-order valence-electron chi connectivity index (χ4n) is 2.27. The van der Waals surface area contributed by atoms with Crippen LogP contribution < -0.4 is 5.32 Å². The topological polar surface area (TPSA) is 46.2 Å². The second-order valence-electron chi connectivity index (χ2n) is 4.59. The summed E-state index contributed by atoms with van der Waals surface area (Å²) in [4.78, 5) is 11.2. The molecule has 1 fully saturated rings. The van der Waals surface area contributed by atoms with Gasteiger partial charge < -0.3 is 9.88 Å². The van der Waals surface area contributed by atoms with E-state index in [4.69, 9.17) is 11.6 Å². The van der Waals surface area contributed by atoms with Crippen molar-refractivity contribution >= 4 is 24.7 Å². The van der Waals surface area contributed by atoms with Crippen LogP contribution in [-0.4, -0.2) is 36.8 Å². The molecule has 0 radical (unpaired) electrons. The van der Waals surface area contributed by atoms with Crippen LogP contribution in [0.5, 0.6) is 0 Å². The molecule has 1 N–H and O–H groups in total. The average Bonchev–Trinajstić information content (AvgIpc) is 2.17. The molecule has 0 heterocycles. The highest BCUT2D eigenvalue weighted by atomic mass is 35.5. The first-order chi connectivity index (χ1) is 6.95. The van der Waals surface area contributed by atoms with E-state index in [1.807, 2.05) is 13.3 Å².